The number of fused-ring (bicyclic) bond motifs is 1. The molecule has 0 amide bonds. The Labute approximate surface area is 194 Å². The van der Waals surface area contributed by atoms with Gasteiger partial charge in [0.2, 0.25) is 0 Å². The number of anilines is 1. The van der Waals surface area contributed by atoms with Crippen LogP contribution in [-0.2, 0) is 20.0 Å². The van der Waals surface area contributed by atoms with E-state index in [-0.39, 0.29) is 0 Å². The van der Waals surface area contributed by atoms with E-state index in [1.165, 1.54) is 5.56 Å². The monoisotopic (exact) mass is 449 g/mol. The first-order chi connectivity index (χ1) is 16.1. The van der Waals surface area contributed by atoms with E-state index in [9.17, 15) is 0 Å². The van der Waals surface area contributed by atoms with Gasteiger partial charge in [0.05, 0.1) is 32.6 Å². The van der Waals surface area contributed by atoms with Gasteiger partial charge in [0.25, 0.3) is 0 Å². The van der Waals surface area contributed by atoms with Crippen LogP contribution in [-0.4, -0.2) is 42.6 Å². The minimum atomic E-state index is 0.504. The Kier molecular flexibility index (Phi) is 7.34. The lowest BCUT2D eigenvalue weighted by atomic mass is 10.1. The third kappa shape index (κ3) is 5.97. The van der Waals surface area contributed by atoms with Gasteiger partial charge < -0.3 is 24.8 Å². The number of hydrogen-bond donors (Lipinski definition) is 2. The summed E-state index contributed by atoms with van der Waals surface area (Å²) >= 11 is 0. The molecule has 0 atom stereocenters. The van der Waals surface area contributed by atoms with Crippen molar-refractivity contribution in [3.8, 4) is 17.2 Å². The Morgan fingerprint density at radius 3 is 2.76 bits per heavy atom. The molecule has 0 radical (unpaired) electrons. The highest BCUT2D eigenvalue weighted by Crippen LogP contribution is 2.32. The largest absolute Gasteiger partial charge is 0.496 e. The molecule has 1 aromatic heterocycles. The molecule has 0 bridgehead atoms. The van der Waals surface area contributed by atoms with Crippen LogP contribution in [0.3, 0.4) is 0 Å². The zero-order chi connectivity index (χ0) is 23.0. The quantitative estimate of drug-likeness (QED) is 0.423. The number of hydrogen-bond acceptors (Lipinski definition) is 5. The highest BCUT2D eigenvalue weighted by Gasteiger charge is 2.12. The zero-order valence-corrected chi connectivity index (χ0v) is 19.4. The lowest BCUT2D eigenvalue weighted by Gasteiger charge is -2.15. The number of methoxy groups -OCH3 is 1. The van der Waals surface area contributed by atoms with E-state index in [1.807, 2.05) is 42.1 Å². The van der Waals surface area contributed by atoms with Crippen molar-refractivity contribution in [2.45, 2.75) is 26.3 Å². The van der Waals surface area contributed by atoms with Gasteiger partial charge in [0.1, 0.15) is 5.75 Å². The van der Waals surface area contributed by atoms with Gasteiger partial charge in [-0.15, -0.1) is 0 Å². The summed E-state index contributed by atoms with van der Waals surface area (Å²) in [5.74, 6) is 3.09. The predicted molar refractivity (Wildman–Crippen MR) is 129 cm³/mol. The minimum Gasteiger partial charge on any atom is -0.496 e. The van der Waals surface area contributed by atoms with Crippen LogP contribution in [0, 0.1) is 6.92 Å². The number of aliphatic imine (C=N–C) groups is 1. The van der Waals surface area contributed by atoms with Crippen molar-refractivity contribution in [1.82, 2.24) is 15.1 Å². The maximum absolute atomic E-state index is 5.83. The first kappa shape index (κ1) is 22.5. The van der Waals surface area contributed by atoms with Crippen LogP contribution in [0.2, 0.25) is 0 Å². The second kappa shape index (κ2) is 10.8. The normalized spacial score (nSPS) is 13.4. The van der Waals surface area contributed by atoms with Crippen LogP contribution < -0.4 is 24.8 Å². The minimum absolute atomic E-state index is 0.504. The fourth-order valence-electron chi connectivity index (χ4n) is 3.65. The summed E-state index contributed by atoms with van der Waals surface area (Å²) < 4.78 is 18.9. The first-order valence-electron chi connectivity index (χ1n) is 11.2. The topological polar surface area (TPSA) is 81.9 Å². The van der Waals surface area contributed by atoms with Crippen molar-refractivity contribution < 1.29 is 14.2 Å². The fraction of sp³-hybridized carbons (Fsp3) is 0.360. The van der Waals surface area contributed by atoms with E-state index < -0.39 is 0 Å². The highest BCUT2D eigenvalue weighted by atomic mass is 16.5. The zero-order valence-electron chi connectivity index (χ0n) is 19.4. The highest BCUT2D eigenvalue weighted by molar-refractivity contribution is 5.94. The average molecular weight is 450 g/mol. The number of aryl methyl sites for hydroxylation is 2. The Hall–Kier alpha value is -3.68. The van der Waals surface area contributed by atoms with Crippen LogP contribution in [0.15, 0.2) is 53.7 Å². The third-order valence-electron chi connectivity index (χ3n) is 5.45. The van der Waals surface area contributed by atoms with Gasteiger partial charge in [0, 0.05) is 38.0 Å². The maximum Gasteiger partial charge on any atom is 0.196 e. The van der Waals surface area contributed by atoms with Crippen molar-refractivity contribution >= 4 is 11.6 Å². The number of rotatable bonds is 7. The molecular formula is C25H31N5O3. The summed E-state index contributed by atoms with van der Waals surface area (Å²) in [4.78, 5) is 4.77. The molecule has 0 spiro atoms. The number of ether oxygens (including phenoxy) is 3. The second-order valence-electron chi connectivity index (χ2n) is 7.94. The molecule has 3 aromatic rings. The van der Waals surface area contributed by atoms with Gasteiger partial charge in [-0.3, -0.25) is 4.68 Å². The first-order valence-corrected chi connectivity index (χ1v) is 11.2. The SMILES string of the molecule is COc1ccc(C)cc1CCNC(=NCc1ccnn1C)Nc1ccc2c(c1)OCCCO2. The fourth-order valence-corrected chi connectivity index (χ4v) is 3.65. The van der Waals surface area contributed by atoms with Crippen LogP contribution in [0.4, 0.5) is 5.69 Å². The molecule has 0 aliphatic carbocycles. The van der Waals surface area contributed by atoms with Gasteiger partial charge in [-0.25, -0.2) is 4.99 Å². The molecule has 4 rings (SSSR count). The van der Waals surface area contributed by atoms with Gasteiger partial charge >= 0.3 is 0 Å². The summed E-state index contributed by atoms with van der Waals surface area (Å²) in [7, 11) is 3.62. The van der Waals surface area contributed by atoms with Gasteiger partial charge in [-0.2, -0.15) is 5.10 Å². The second-order valence-corrected chi connectivity index (χ2v) is 7.94. The maximum atomic E-state index is 5.83. The summed E-state index contributed by atoms with van der Waals surface area (Å²) in [5.41, 5.74) is 4.27. The summed E-state index contributed by atoms with van der Waals surface area (Å²) in [6.45, 7) is 4.60. The number of guanidine groups is 1. The standard InChI is InChI=1S/C25H31N5O3/c1-18-5-7-22(31-3)19(15-18)9-11-26-25(27-17-21-10-12-28-30(21)2)29-20-6-8-23-24(16-20)33-14-4-13-32-23/h5-8,10,12,15-16H,4,9,11,13-14,17H2,1-3H3,(H2,26,27,29). The molecule has 2 N–H and O–H groups in total. The van der Waals surface area contributed by atoms with Gasteiger partial charge in [0.15, 0.2) is 17.5 Å². The van der Waals surface area contributed by atoms with E-state index in [0.717, 1.165) is 47.0 Å². The van der Waals surface area contributed by atoms with E-state index in [2.05, 4.69) is 34.8 Å². The van der Waals surface area contributed by atoms with Crippen molar-refractivity contribution in [2.75, 3.05) is 32.2 Å². The number of aromatic nitrogens is 2. The van der Waals surface area contributed by atoms with Crippen molar-refractivity contribution in [3.63, 3.8) is 0 Å². The van der Waals surface area contributed by atoms with E-state index in [0.29, 0.717) is 32.3 Å². The molecule has 0 fully saturated rings. The Morgan fingerprint density at radius 2 is 1.97 bits per heavy atom. The summed E-state index contributed by atoms with van der Waals surface area (Å²) in [6, 6.07) is 14.0. The van der Waals surface area contributed by atoms with Gasteiger partial charge in [-0.05, 0) is 43.2 Å². The van der Waals surface area contributed by atoms with Crippen molar-refractivity contribution in [3.05, 3.63) is 65.5 Å². The molecule has 0 unspecified atom stereocenters. The molecule has 2 heterocycles. The Balaban J connectivity index is 1.48. The Morgan fingerprint density at radius 1 is 1.12 bits per heavy atom. The van der Waals surface area contributed by atoms with Crippen LogP contribution in [0.1, 0.15) is 23.2 Å². The van der Waals surface area contributed by atoms with E-state index in [4.69, 9.17) is 19.2 Å². The van der Waals surface area contributed by atoms with E-state index >= 15 is 0 Å². The molecular weight excluding hydrogens is 418 g/mol. The number of benzene rings is 2. The molecule has 174 valence electrons. The molecule has 8 heteroatoms. The average Bonchev–Trinajstić information content (AvgIpc) is 3.08. The lowest BCUT2D eigenvalue weighted by molar-refractivity contribution is 0.297. The summed E-state index contributed by atoms with van der Waals surface area (Å²) in [5, 5.41) is 11.1. The number of nitrogens with one attached hydrogen (secondary N) is 2. The summed E-state index contributed by atoms with van der Waals surface area (Å²) in [6.07, 6.45) is 3.45. The predicted octanol–water partition coefficient (Wildman–Crippen LogP) is 3.70. The smallest absolute Gasteiger partial charge is 0.196 e. The number of nitrogens with zero attached hydrogens (tertiary/aromatic N) is 3. The van der Waals surface area contributed by atoms with Crippen LogP contribution in [0.5, 0.6) is 17.2 Å². The van der Waals surface area contributed by atoms with Crippen molar-refractivity contribution in [2.24, 2.45) is 12.0 Å². The van der Waals surface area contributed by atoms with Crippen LogP contribution >= 0.6 is 0 Å². The third-order valence-corrected chi connectivity index (χ3v) is 5.45. The molecule has 8 nitrogen and oxygen atoms in total. The molecule has 0 saturated carbocycles. The van der Waals surface area contributed by atoms with Crippen LogP contribution in [0.25, 0.3) is 0 Å². The molecule has 1 aliphatic rings. The molecule has 0 saturated heterocycles. The van der Waals surface area contributed by atoms with Crippen molar-refractivity contribution in [1.29, 1.82) is 0 Å². The molecule has 33 heavy (non-hydrogen) atoms. The molecule has 2 aromatic carbocycles. The van der Waals surface area contributed by atoms with Gasteiger partial charge in [-0.1, -0.05) is 17.7 Å². The van der Waals surface area contributed by atoms with E-state index in [1.54, 1.807) is 13.3 Å². The molecule has 1 aliphatic heterocycles. The Bertz CT molecular complexity index is 1110. The lowest BCUT2D eigenvalue weighted by Crippen LogP contribution is -2.32.